The molecule has 5 rings (SSSR count). The van der Waals surface area contributed by atoms with Gasteiger partial charge in [0.15, 0.2) is 0 Å². The first-order chi connectivity index (χ1) is 19.3. The van der Waals surface area contributed by atoms with Gasteiger partial charge in [-0.15, -0.1) is 0 Å². The number of fused-ring (bicyclic) bond motifs is 1. The van der Waals surface area contributed by atoms with E-state index in [4.69, 9.17) is 23.9 Å². The van der Waals surface area contributed by atoms with Crippen molar-refractivity contribution in [3.63, 3.8) is 0 Å². The van der Waals surface area contributed by atoms with Crippen LogP contribution < -0.4 is 14.8 Å². The number of anilines is 1. The second kappa shape index (κ2) is 12.7. The van der Waals surface area contributed by atoms with Crippen LogP contribution in [0, 0.1) is 11.2 Å². The summed E-state index contributed by atoms with van der Waals surface area (Å²) in [5.74, 6) is 0.723. The SMILES string of the molecule is COc1cc(CCCCO[C@@H]2CCN(C(C(=O)O)c3cc(F)ccc3OCC3(C)COC3)C2)nc2c1CCCN2. The molecule has 40 heavy (non-hydrogen) atoms. The van der Waals surface area contributed by atoms with Crippen molar-refractivity contribution in [1.29, 1.82) is 0 Å². The topological polar surface area (TPSA) is 102 Å². The van der Waals surface area contributed by atoms with Crippen LogP contribution in [0.5, 0.6) is 11.5 Å². The summed E-state index contributed by atoms with van der Waals surface area (Å²) in [4.78, 5) is 19.0. The van der Waals surface area contributed by atoms with E-state index in [2.05, 4.69) is 5.32 Å². The van der Waals surface area contributed by atoms with Crippen LogP contribution in [-0.2, 0) is 27.1 Å². The summed E-state index contributed by atoms with van der Waals surface area (Å²) in [5, 5.41) is 13.5. The number of aryl methyl sites for hydroxylation is 1. The fourth-order valence-electron chi connectivity index (χ4n) is 5.69. The van der Waals surface area contributed by atoms with Crippen LogP contribution in [0.2, 0.25) is 0 Å². The van der Waals surface area contributed by atoms with Gasteiger partial charge in [0.1, 0.15) is 29.2 Å². The van der Waals surface area contributed by atoms with Gasteiger partial charge in [-0.2, -0.15) is 0 Å². The zero-order chi connectivity index (χ0) is 28.1. The summed E-state index contributed by atoms with van der Waals surface area (Å²) in [6.07, 6.45) is 5.35. The van der Waals surface area contributed by atoms with E-state index in [-0.39, 0.29) is 11.5 Å². The van der Waals surface area contributed by atoms with Gasteiger partial charge >= 0.3 is 5.97 Å². The number of nitrogens with zero attached hydrogens (tertiary/aromatic N) is 2. The van der Waals surface area contributed by atoms with Gasteiger partial charge in [0, 0.05) is 54.5 Å². The van der Waals surface area contributed by atoms with Crippen LogP contribution in [0.15, 0.2) is 24.3 Å². The number of likely N-dealkylation sites (tertiary alicyclic amines) is 1. The highest BCUT2D eigenvalue weighted by Crippen LogP contribution is 2.36. The normalized spacial score (nSPS) is 20.7. The molecule has 0 aliphatic carbocycles. The minimum Gasteiger partial charge on any atom is -0.496 e. The van der Waals surface area contributed by atoms with Gasteiger partial charge < -0.3 is 29.4 Å². The molecule has 0 saturated carbocycles. The van der Waals surface area contributed by atoms with E-state index < -0.39 is 17.8 Å². The minimum atomic E-state index is -1.03. The fourth-order valence-corrected chi connectivity index (χ4v) is 5.69. The first kappa shape index (κ1) is 28.6. The lowest BCUT2D eigenvalue weighted by Gasteiger charge is -2.38. The third-order valence-electron chi connectivity index (χ3n) is 7.95. The van der Waals surface area contributed by atoms with Crippen molar-refractivity contribution in [2.24, 2.45) is 5.41 Å². The summed E-state index contributed by atoms with van der Waals surface area (Å²) >= 11 is 0. The average molecular weight is 558 g/mol. The molecule has 4 heterocycles. The van der Waals surface area contributed by atoms with E-state index in [1.165, 1.54) is 18.2 Å². The number of benzene rings is 1. The van der Waals surface area contributed by atoms with E-state index in [0.717, 1.165) is 67.9 Å². The van der Waals surface area contributed by atoms with Crippen molar-refractivity contribution in [2.75, 3.05) is 58.5 Å². The molecule has 0 radical (unpaired) electrons. The molecular weight excluding hydrogens is 517 g/mol. The minimum absolute atomic E-state index is 0.0722. The molecule has 2 fully saturated rings. The van der Waals surface area contributed by atoms with Crippen LogP contribution in [0.3, 0.4) is 0 Å². The molecule has 9 nitrogen and oxygen atoms in total. The molecule has 2 saturated heterocycles. The Morgan fingerprint density at radius 3 is 2.90 bits per heavy atom. The highest BCUT2D eigenvalue weighted by Gasteiger charge is 2.38. The molecule has 2 aromatic rings. The monoisotopic (exact) mass is 557 g/mol. The number of carbonyl (C=O) groups is 1. The molecule has 0 bridgehead atoms. The highest BCUT2D eigenvalue weighted by atomic mass is 19.1. The molecule has 1 aromatic heterocycles. The van der Waals surface area contributed by atoms with Crippen LogP contribution in [0.25, 0.3) is 0 Å². The van der Waals surface area contributed by atoms with E-state index in [1.54, 1.807) is 7.11 Å². The van der Waals surface area contributed by atoms with Crippen LogP contribution in [0.4, 0.5) is 10.2 Å². The van der Waals surface area contributed by atoms with Crippen molar-refractivity contribution in [1.82, 2.24) is 9.88 Å². The number of carboxylic acid groups (broad SMARTS) is 1. The van der Waals surface area contributed by atoms with Gasteiger partial charge in [-0.1, -0.05) is 6.92 Å². The number of unbranched alkanes of at least 4 members (excludes halogenated alkanes) is 1. The van der Waals surface area contributed by atoms with Gasteiger partial charge in [-0.25, -0.2) is 9.37 Å². The van der Waals surface area contributed by atoms with Crippen LogP contribution >= 0.6 is 0 Å². The van der Waals surface area contributed by atoms with E-state index in [9.17, 15) is 14.3 Å². The molecule has 2 atom stereocenters. The molecule has 10 heteroatoms. The number of aliphatic carboxylic acids is 1. The number of hydrogen-bond donors (Lipinski definition) is 2. The smallest absolute Gasteiger partial charge is 0.325 e. The summed E-state index contributed by atoms with van der Waals surface area (Å²) in [5.41, 5.74) is 2.38. The zero-order valence-corrected chi connectivity index (χ0v) is 23.4. The standard InChI is InChI=1S/C30H40FN3O6/c1-30(17-38-18-30)19-40-25-9-8-20(31)14-24(25)27(29(35)36)34-12-10-22(16-34)39-13-4-3-6-21-15-26(37-2)23-7-5-11-32-28(23)33-21/h8-9,14-15,22,27H,3-7,10-13,16-19H2,1-2H3,(H,32,33)(H,35,36)/t22-,27?/m1/s1. The molecule has 3 aliphatic heterocycles. The Balaban J connectivity index is 1.12. The van der Waals surface area contributed by atoms with Crippen LogP contribution in [-0.4, -0.2) is 80.2 Å². The molecule has 2 N–H and O–H groups in total. The van der Waals surface area contributed by atoms with Crippen LogP contribution in [0.1, 0.15) is 55.5 Å². The second-order valence-corrected chi connectivity index (χ2v) is 11.4. The first-order valence-corrected chi connectivity index (χ1v) is 14.2. The number of hydrogen-bond acceptors (Lipinski definition) is 8. The van der Waals surface area contributed by atoms with Gasteiger partial charge in [-0.05, 0) is 56.7 Å². The third kappa shape index (κ3) is 6.67. The highest BCUT2D eigenvalue weighted by molar-refractivity contribution is 5.77. The van der Waals surface area contributed by atoms with Crippen molar-refractivity contribution in [3.05, 3.63) is 46.9 Å². The average Bonchev–Trinajstić information content (AvgIpc) is 3.39. The van der Waals surface area contributed by atoms with E-state index >= 15 is 0 Å². The lowest BCUT2D eigenvalue weighted by Crippen LogP contribution is -2.44. The molecule has 3 aliphatic rings. The Labute approximate surface area is 235 Å². The Kier molecular flexibility index (Phi) is 9.07. The van der Waals surface area contributed by atoms with E-state index in [1.807, 2.05) is 17.9 Å². The third-order valence-corrected chi connectivity index (χ3v) is 7.95. The number of pyridine rings is 1. The number of methoxy groups -OCH3 is 1. The molecular formula is C30H40FN3O6. The number of halogens is 1. The van der Waals surface area contributed by atoms with Crippen molar-refractivity contribution in [3.8, 4) is 11.5 Å². The first-order valence-electron chi connectivity index (χ1n) is 14.2. The molecule has 218 valence electrons. The van der Waals surface area contributed by atoms with Crippen molar-refractivity contribution < 1.29 is 33.2 Å². The number of rotatable bonds is 13. The predicted octanol–water partition coefficient (Wildman–Crippen LogP) is 4.24. The largest absolute Gasteiger partial charge is 0.496 e. The second-order valence-electron chi connectivity index (χ2n) is 11.4. The summed E-state index contributed by atoms with van der Waals surface area (Å²) in [7, 11) is 1.70. The molecule has 1 unspecified atom stereocenters. The van der Waals surface area contributed by atoms with Gasteiger partial charge in [0.05, 0.1) is 33.0 Å². The Morgan fingerprint density at radius 2 is 2.15 bits per heavy atom. The predicted molar refractivity (Wildman–Crippen MR) is 148 cm³/mol. The van der Waals surface area contributed by atoms with Crippen molar-refractivity contribution in [2.45, 2.75) is 57.6 Å². The van der Waals surface area contributed by atoms with Gasteiger partial charge in [-0.3, -0.25) is 9.69 Å². The molecule has 0 spiro atoms. The number of nitrogens with one attached hydrogen (secondary N) is 1. The van der Waals surface area contributed by atoms with E-state index in [0.29, 0.717) is 50.8 Å². The molecule has 0 amide bonds. The Bertz CT molecular complexity index is 1170. The quantitative estimate of drug-likeness (QED) is 0.350. The van der Waals surface area contributed by atoms with Gasteiger partial charge in [0.25, 0.3) is 0 Å². The maximum atomic E-state index is 14.2. The lowest BCUT2D eigenvalue weighted by atomic mass is 9.90. The number of carboxylic acids is 1. The number of aromatic nitrogens is 1. The summed E-state index contributed by atoms with van der Waals surface area (Å²) < 4.78 is 37.3. The lowest BCUT2D eigenvalue weighted by molar-refractivity contribution is -0.143. The Hall–Kier alpha value is -2.95. The Morgan fingerprint density at radius 1 is 1.30 bits per heavy atom. The summed E-state index contributed by atoms with van der Waals surface area (Å²) in [6.45, 7) is 6.15. The van der Waals surface area contributed by atoms with Gasteiger partial charge in [0.2, 0.25) is 0 Å². The summed E-state index contributed by atoms with van der Waals surface area (Å²) in [6, 6.07) is 5.14. The maximum absolute atomic E-state index is 14.2. The van der Waals surface area contributed by atoms with Crippen molar-refractivity contribution >= 4 is 11.8 Å². The fraction of sp³-hybridized carbons (Fsp3) is 0.600. The maximum Gasteiger partial charge on any atom is 0.325 e. The zero-order valence-electron chi connectivity index (χ0n) is 23.4. The number of ether oxygens (including phenoxy) is 4. The molecule has 1 aromatic carbocycles.